The van der Waals surface area contributed by atoms with Gasteiger partial charge in [0.2, 0.25) is 0 Å². The molecule has 2 rings (SSSR count). The highest BCUT2D eigenvalue weighted by Gasteiger charge is 2.21. The zero-order valence-electron chi connectivity index (χ0n) is 7.83. The van der Waals surface area contributed by atoms with Crippen molar-refractivity contribution in [3.05, 3.63) is 34.9 Å². The monoisotopic (exact) mass is 195 g/mol. The van der Waals surface area contributed by atoms with E-state index in [0.717, 1.165) is 5.02 Å². The van der Waals surface area contributed by atoms with E-state index in [1.54, 1.807) is 0 Å². The summed E-state index contributed by atoms with van der Waals surface area (Å²) >= 11 is 5.84. The predicted octanol–water partition coefficient (Wildman–Crippen LogP) is 3.11. The molecule has 1 saturated heterocycles. The molecule has 0 N–H and O–H groups in total. The maximum atomic E-state index is 5.84. The van der Waals surface area contributed by atoms with E-state index in [1.807, 2.05) is 12.1 Å². The first-order valence-corrected chi connectivity index (χ1v) is 5.11. The van der Waals surface area contributed by atoms with Crippen LogP contribution in [0.5, 0.6) is 0 Å². The van der Waals surface area contributed by atoms with Crippen LogP contribution in [-0.2, 0) is 0 Å². The third-order valence-electron chi connectivity index (χ3n) is 2.78. The molecule has 1 aromatic rings. The van der Waals surface area contributed by atoms with Crippen molar-refractivity contribution in [3.63, 3.8) is 0 Å². The molecule has 0 aromatic heterocycles. The molecule has 0 aliphatic carbocycles. The van der Waals surface area contributed by atoms with Gasteiger partial charge in [0.15, 0.2) is 0 Å². The van der Waals surface area contributed by atoms with Crippen molar-refractivity contribution in [1.29, 1.82) is 0 Å². The number of benzene rings is 1. The van der Waals surface area contributed by atoms with Crippen LogP contribution >= 0.6 is 11.6 Å². The Bertz CT molecular complexity index is 281. The Morgan fingerprint density at radius 3 is 2.54 bits per heavy atom. The van der Waals surface area contributed by atoms with E-state index in [1.165, 1.54) is 24.9 Å². The normalized spacial score (nSPS) is 23.7. The van der Waals surface area contributed by atoms with Crippen LogP contribution in [0.25, 0.3) is 0 Å². The lowest BCUT2D eigenvalue weighted by atomic mass is 10.1. The highest BCUT2D eigenvalue weighted by atomic mass is 35.5. The Balaban J connectivity index is 2.20. The number of rotatable bonds is 1. The van der Waals surface area contributed by atoms with Crippen LogP contribution < -0.4 is 0 Å². The van der Waals surface area contributed by atoms with Gasteiger partial charge in [-0.25, -0.2) is 0 Å². The molecule has 1 nitrogen and oxygen atoms in total. The average molecular weight is 196 g/mol. The maximum Gasteiger partial charge on any atom is 0.0406 e. The topological polar surface area (TPSA) is 3.24 Å². The molecule has 1 aromatic carbocycles. The fourth-order valence-corrected chi connectivity index (χ4v) is 2.14. The van der Waals surface area contributed by atoms with E-state index >= 15 is 0 Å². The van der Waals surface area contributed by atoms with Gasteiger partial charge < -0.3 is 0 Å². The molecule has 70 valence electrons. The maximum absolute atomic E-state index is 5.84. The molecule has 1 atom stereocenters. The van der Waals surface area contributed by atoms with Gasteiger partial charge in [-0.15, -0.1) is 0 Å². The number of halogens is 1. The first-order valence-electron chi connectivity index (χ1n) is 4.73. The van der Waals surface area contributed by atoms with Gasteiger partial charge in [0.05, 0.1) is 0 Å². The van der Waals surface area contributed by atoms with Crippen LogP contribution in [0.15, 0.2) is 24.3 Å². The van der Waals surface area contributed by atoms with Crippen molar-refractivity contribution in [1.82, 2.24) is 4.90 Å². The third kappa shape index (κ3) is 1.87. The lowest BCUT2D eigenvalue weighted by Crippen LogP contribution is -2.17. The second-order valence-corrected chi connectivity index (χ2v) is 4.13. The summed E-state index contributed by atoms with van der Waals surface area (Å²) in [6.45, 7) is 1.22. The number of likely N-dealkylation sites (tertiary alicyclic amines) is 1. The van der Waals surface area contributed by atoms with Gasteiger partial charge in [-0.3, -0.25) is 4.90 Å². The van der Waals surface area contributed by atoms with E-state index < -0.39 is 0 Å². The summed E-state index contributed by atoms with van der Waals surface area (Å²) < 4.78 is 0. The van der Waals surface area contributed by atoms with E-state index in [-0.39, 0.29) is 0 Å². The van der Waals surface area contributed by atoms with Gasteiger partial charge >= 0.3 is 0 Å². The van der Waals surface area contributed by atoms with Gasteiger partial charge in [0.25, 0.3) is 0 Å². The summed E-state index contributed by atoms with van der Waals surface area (Å²) in [5, 5.41) is 0.824. The van der Waals surface area contributed by atoms with Crippen LogP contribution in [-0.4, -0.2) is 18.5 Å². The van der Waals surface area contributed by atoms with Crippen LogP contribution in [0.1, 0.15) is 24.4 Å². The SMILES string of the molecule is CN1CCC[C@H]1c1ccc(Cl)cc1. The van der Waals surface area contributed by atoms with Crippen LogP contribution in [0.4, 0.5) is 0 Å². The molecule has 0 radical (unpaired) electrons. The van der Waals surface area contributed by atoms with Gasteiger partial charge in [-0.1, -0.05) is 23.7 Å². The van der Waals surface area contributed by atoms with Crippen molar-refractivity contribution in [2.45, 2.75) is 18.9 Å². The van der Waals surface area contributed by atoms with Crippen molar-refractivity contribution in [2.75, 3.05) is 13.6 Å². The van der Waals surface area contributed by atoms with Gasteiger partial charge in [0.1, 0.15) is 0 Å². The highest BCUT2D eigenvalue weighted by molar-refractivity contribution is 6.30. The minimum Gasteiger partial charge on any atom is -0.299 e. The van der Waals surface area contributed by atoms with E-state index in [2.05, 4.69) is 24.1 Å². The summed E-state index contributed by atoms with van der Waals surface area (Å²) in [6, 6.07) is 8.83. The molecule has 13 heavy (non-hydrogen) atoms. The van der Waals surface area contributed by atoms with E-state index in [9.17, 15) is 0 Å². The predicted molar refractivity (Wildman–Crippen MR) is 56.1 cm³/mol. The molecular formula is C11H14ClN. The lowest BCUT2D eigenvalue weighted by molar-refractivity contribution is 0.317. The summed E-state index contributed by atoms with van der Waals surface area (Å²) in [5.74, 6) is 0. The summed E-state index contributed by atoms with van der Waals surface area (Å²) in [6.07, 6.45) is 2.59. The molecule has 1 heterocycles. The first kappa shape index (κ1) is 9.04. The number of nitrogens with zero attached hydrogens (tertiary/aromatic N) is 1. The molecule has 1 aliphatic rings. The second kappa shape index (κ2) is 3.69. The van der Waals surface area contributed by atoms with Crippen LogP contribution in [0.2, 0.25) is 5.02 Å². The Morgan fingerprint density at radius 2 is 2.00 bits per heavy atom. The molecule has 1 aliphatic heterocycles. The standard InChI is InChI=1S/C11H14ClN/c1-13-8-2-3-11(13)9-4-6-10(12)7-5-9/h4-7,11H,2-3,8H2,1H3/t11-/m0/s1. The van der Waals surface area contributed by atoms with Crippen molar-refractivity contribution < 1.29 is 0 Å². The van der Waals surface area contributed by atoms with Crippen molar-refractivity contribution in [3.8, 4) is 0 Å². The Kier molecular flexibility index (Phi) is 2.56. The Morgan fingerprint density at radius 1 is 1.31 bits per heavy atom. The summed E-state index contributed by atoms with van der Waals surface area (Å²) in [4.78, 5) is 2.41. The lowest BCUT2D eigenvalue weighted by Gasteiger charge is -2.19. The van der Waals surface area contributed by atoms with Crippen molar-refractivity contribution >= 4 is 11.6 Å². The van der Waals surface area contributed by atoms with Gasteiger partial charge in [-0.2, -0.15) is 0 Å². The highest BCUT2D eigenvalue weighted by Crippen LogP contribution is 2.30. The minimum absolute atomic E-state index is 0.609. The quantitative estimate of drug-likeness (QED) is 0.666. The Hall–Kier alpha value is -0.530. The molecule has 0 amide bonds. The van der Waals surface area contributed by atoms with E-state index in [4.69, 9.17) is 11.6 Å². The average Bonchev–Trinajstić information content (AvgIpc) is 2.53. The number of hydrogen-bond acceptors (Lipinski definition) is 1. The Labute approximate surface area is 84.3 Å². The number of hydrogen-bond donors (Lipinski definition) is 0. The fraction of sp³-hybridized carbons (Fsp3) is 0.455. The largest absolute Gasteiger partial charge is 0.299 e. The fourth-order valence-electron chi connectivity index (χ4n) is 2.02. The van der Waals surface area contributed by atoms with Crippen LogP contribution in [0, 0.1) is 0 Å². The molecule has 0 spiro atoms. The van der Waals surface area contributed by atoms with Crippen LogP contribution in [0.3, 0.4) is 0 Å². The van der Waals surface area contributed by atoms with Gasteiger partial charge in [0, 0.05) is 11.1 Å². The molecule has 0 bridgehead atoms. The molecule has 0 unspecified atom stereocenters. The third-order valence-corrected chi connectivity index (χ3v) is 3.03. The molecule has 2 heteroatoms. The first-order chi connectivity index (χ1) is 6.27. The summed E-state index contributed by atoms with van der Waals surface area (Å²) in [5.41, 5.74) is 1.39. The zero-order chi connectivity index (χ0) is 9.26. The summed E-state index contributed by atoms with van der Waals surface area (Å²) in [7, 11) is 2.19. The zero-order valence-corrected chi connectivity index (χ0v) is 8.59. The van der Waals surface area contributed by atoms with Crippen molar-refractivity contribution in [2.24, 2.45) is 0 Å². The smallest absolute Gasteiger partial charge is 0.0406 e. The molecular weight excluding hydrogens is 182 g/mol. The second-order valence-electron chi connectivity index (χ2n) is 3.69. The van der Waals surface area contributed by atoms with E-state index in [0.29, 0.717) is 6.04 Å². The minimum atomic E-state index is 0.609. The van der Waals surface area contributed by atoms with Gasteiger partial charge in [-0.05, 0) is 44.1 Å². The molecule has 0 saturated carbocycles. The molecule has 1 fully saturated rings.